The van der Waals surface area contributed by atoms with Crippen molar-refractivity contribution in [2.75, 3.05) is 0 Å². The van der Waals surface area contributed by atoms with Gasteiger partial charge in [0.05, 0.1) is 5.56 Å². The van der Waals surface area contributed by atoms with Crippen molar-refractivity contribution in [1.29, 1.82) is 0 Å². The lowest BCUT2D eigenvalue weighted by Gasteiger charge is -2.23. The highest BCUT2D eigenvalue weighted by Gasteiger charge is 2.22. The molecule has 0 atom stereocenters. The molecule has 5 heteroatoms. The van der Waals surface area contributed by atoms with E-state index in [0.29, 0.717) is 24.1 Å². The number of aromatic nitrogens is 3. The maximum absolute atomic E-state index is 6.42. The minimum absolute atomic E-state index is 0.557. The number of hydrogen-bond acceptors (Lipinski definition) is 5. The Labute approximate surface area is 294 Å². The highest BCUT2D eigenvalue weighted by molar-refractivity contribution is 6.09. The summed E-state index contributed by atoms with van der Waals surface area (Å²) in [6.07, 6.45) is 0. The van der Waals surface area contributed by atoms with Gasteiger partial charge in [0.25, 0.3) is 0 Å². The molecule has 5 nitrogen and oxygen atoms in total. The number of nitrogens with zero attached hydrogens (tertiary/aromatic N) is 3. The van der Waals surface area contributed by atoms with Gasteiger partial charge < -0.3 is 9.15 Å². The molecule has 0 radical (unpaired) electrons. The van der Waals surface area contributed by atoms with Crippen molar-refractivity contribution in [2.24, 2.45) is 0 Å². The molecule has 10 rings (SSSR count). The van der Waals surface area contributed by atoms with Crippen LogP contribution in [0.5, 0.6) is 5.75 Å². The Morgan fingerprint density at radius 3 is 1.76 bits per heavy atom. The topological polar surface area (TPSA) is 61.0 Å². The van der Waals surface area contributed by atoms with E-state index in [2.05, 4.69) is 121 Å². The Kier molecular flexibility index (Phi) is 6.81. The Bertz CT molecular complexity index is 2730. The molecule has 0 spiro atoms. The quantitative estimate of drug-likeness (QED) is 0.185. The second-order valence-corrected chi connectivity index (χ2v) is 12.7. The molecule has 1 aliphatic heterocycles. The van der Waals surface area contributed by atoms with Crippen molar-refractivity contribution < 1.29 is 9.15 Å². The van der Waals surface area contributed by atoms with Gasteiger partial charge in [-0.25, -0.2) is 15.0 Å². The van der Waals surface area contributed by atoms with Crippen molar-refractivity contribution >= 4 is 21.9 Å². The summed E-state index contributed by atoms with van der Waals surface area (Å²) in [7, 11) is 0. The number of ether oxygens (including phenoxy) is 1. The Hall–Kier alpha value is -6.85. The number of para-hydroxylation sites is 2. The van der Waals surface area contributed by atoms with E-state index in [1.54, 1.807) is 0 Å². The van der Waals surface area contributed by atoms with Crippen LogP contribution < -0.4 is 4.74 Å². The molecule has 0 unspecified atom stereocenters. The Morgan fingerprint density at radius 2 is 0.961 bits per heavy atom. The van der Waals surface area contributed by atoms with Gasteiger partial charge in [-0.15, -0.1) is 0 Å². The van der Waals surface area contributed by atoms with E-state index >= 15 is 0 Å². The van der Waals surface area contributed by atoms with Crippen molar-refractivity contribution in [1.82, 2.24) is 15.0 Å². The van der Waals surface area contributed by atoms with E-state index in [9.17, 15) is 0 Å². The van der Waals surface area contributed by atoms with Gasteiger partial charge in [0.1, 0.15) is 23.5 Å². The molecule has 0 aliphatic carbocycles. The molecule has 0 amide bonds. The number of rotatable bonds is 5. The molecule has 0 bridgehead atoms. The predicted octanol–water partition coefficient (Wildman–Crippen LogP) is 11.7. The largest absolute Gasteiger partial charge is 0.488 e. The van der Waals surface area contributed by atoms with Crippen LogP contribution in [-0.4, -0.2) is 15.0 Å². The van der Waals surface area contributed by atoms with Gasteiger partial charge in [-0.05, 0) is 51.6 Å². The van der Waals surface area contributed by atoms with E-state index in [0.717, 1.165) is 72.2 Å². The molecular formula is C46H29N3O2. The first-order valence-electron chi connectivity index (χ1n) is 17.0. The number of fused-ring (bicyclic) bond motifs is 6. The fourth-order valence-corrected chi connectivity index (χ4v) is 7.13. The van der Waals surface area contributed by atoms with Crippen LogP contribution in [0.2, 0.25) is 0 Å². The summed E-state index contributed by atoms with van der Waals surface area (Å²) < 4.78 is 12.6. The molecule has 0 saturated carbocycles. The van der Waals surface area contributed by atoms with Crippen LogP contribution >= 0.6 is 0 Å². The summed E-state index contributed by atoms with van der Waals surface area (Å²) in [6.45, 7) is 0.576. The fourth-order valence-electron chi connectivity index (χ4n) is 7.13. The third-order valence-electron chi connectivity index (χ3n) is 9.68. The molecule has 0 N–H and O–H groups in total. The monoisotopic (exact) mass is 655 g/mol. The second kappa shape index (κ2) is 11.9. The van der Waals surface area contributed by atoms with Crippen LogP contribution in [-0.2, 0) is 6.61 Å². The number of hydrogen-bond donors (Lipinski definition) is 0. The van der Waals surface area contributed by atoms with Gasteiger partial charge in [0.2, 0.25) is 0 Å². The molecule has 0 fully saturated rings. The highest BCUT2D eigenvalue weighted by atomic mass is 16.5. The number of benzene rings is 7. The SMILES string of the molecule is c1ccc(-c2ccc(-c3nc(-c4ccc(-c5cccc6c5-c5ccccc5CO6)cc4)nc(-c4cccc5c4oc4ccccc45)n3)cc2)cc1. The molecule has 9 aromatic rings. The van der Waals surface area contributed by atoms with Crippen molar-refractivity contribution in [3.05, 3.63) is 169 Å². The average Bonchev–Trinajstić information content (AvgIpc) is 3.60. The summed E-state index contributed by atoms with van der Waals surface area (Å²) in [5.41, 5.74) is 12.2. The maximum Gasteiger partial charge on any atom is 0.167 e. The highest BCUT2D eigenvalue weighted by Crippen LogP contribution is 2.44. The van der Waals surface area contributed by atoms with Crippen LogP contribution in [0.25, 0.3) is 89.5 Å². The van der Waals surface area contributed by atoms with Gasteiger partial charge in [-0.2, -0.15) is 0 Å². The van der Waals surface area contributed by atoms with Gasteiger partial charge in [0, 0.05) is 27.5 Å². The summed E-state index contributed by atoms with van der Waals surface area (Å²) in [6, 6.07) is 56.2. The summed E-state index contributed by atoms with van der Waals surface area (Å²) >= 11 is 0. The average molecular weight is 656 g/mol. The van der Waals surface area contributed by atoms with E-state index in [4.69, 9.17) is 24.1 Å². The van der Waals surface area contributed by atoms with E-state index in [-0.39, 0.29) is 0 Å². The van der Waals surface area contributed by atoms with Crippen LogP contribution in [0.3, 0.4) is 0 Å². The molecule has 7 aromatic carbocycles. The van der Waals surface area contributed by atoms with Crippen LogP contribution in [0.15, 0.2) is 168 Å². The van der Waals surface area contributed by atoms with Crippen LogP contribution in [0, 0.1) is 0 Å². The lowest BCUT2D eigenvalue weighted by molar-refractivity contribution is 0.302. The third-order valence-corrected chi connectivity index (χ3v) is 9.68. The Morgan fingerprint density at radius 1 is 0.392 bits per heavy atom. The zero-order valence-electron chi connectivity index (χ0n) is 27.5. The second-order valence-electron chi connectivity index (χ2n) is 12.7. The predicted molar refractivity (Wildman–Crippen MR) is 204 cm³/mol. The summed E-state index contributed by atoms with van der Waals surface area (Å²) in [4.78, 5) is 15.2. The molecular weight excluding hydrogens is 627 g/mol. The van der Waals surface area contributed by atoms with Crippen molar-refractivity contribution in [3.8, 4) is 73.3 Å². The number of furan rings is 1. The van der Waals surface area contributed by atoms with Crippen LogP contribution in [0.1, 0.15) is 5.56 Å². The normalized spacial score (nSPS) is 12.0. The lowest BCUT2D eigenvalue weighted by Crippen LogP contribution is -2.06. The van der Waals surface area contributed by atoms with E-state index < -0.39 is 0 Å². The maximum atomic E-state index is 6.42. The van der Waals surface area contributed by atoms with Crippen LogP contribution in [0.4, 0.5) is 0 Å². The molecule has 3 heterocycles. The first kappa shape index (κ1) is 29.1. The summed E-state index contributed by atoms with van der Waals surface area (Å²) in [5.74, 6) is 2.64. The van der Waals surface area contributed by atoms with E-state index in [1.165, 1.54) is 11.1 Å². The van der Waals surface area contributed by atoms with Gasteiger partial charge in [-0.3, -0.25) is 0 Å². The Balaban J connectivity index is 1.10. The smallest absolute Gasteiger partial charge is 0.167 e. The molecule has 2 aromatic heterocycles. The van der Waals surface area contributed by atoms with Gasteiger partial charge >= 0.3 is 0 Å². The molecule has 51 heavy (non-hydrogen) atoms. The first-order chi connectivity index (χ1) is 25.3. The molecule has 1 aliphatic rings. The minimum Gasteiger partial charge on any atom is -0.488 e. The molecule has 0 saturated heterocycles. The zero-order valence-corrected chi connectivity index (χ0v) is 27.5. The molecule has 240 valence electrons. The third kappa shape index (κ3) is 5.06. The minimum atomic E-state index is 0.557. The van der Waals surface area contributed by atoms with Crippen molar-refractivity contribution in [3.63, 3.8) is 0 Å². The van der Waals surface area contributed by atoms with Gasteiger partial charge in [0.15, 0.2) is 17.5 Å². The van der Waals surface area contributed by atoms with Crippen molar-refractivity contribution in [2.45, 2.75) is 6.61 Å². The lowest BCUT2D eigenvalue weighted by atomic mass is 9.89. The standard InChI is InChI=1S/C46H29N3O2/c1-2-10-29(11-3-1)30-20-24-32(25-21-30)44-47-45(49-46(48-44)39-17-8-16-38-37-14-6-7-18-40(37)51-43(38)39)33-26-22-31(23-27-33)35-15-9-19-41-42(35)36-13-5-4-12-34(36)28-50-41/h1-27H,28H2. The fraction of sp³-hybridized carbons (Fsp3) is 0.0217. The first-order valence-corrected chi connectivity index (χ1v) is 17.0. The summed E-state index contributed by atoms with van der Waals surface area (Å²) in [5, 5.41) is 2.09. The van der Waals surface area contributed by atoms with E-state index in [1.807, 2.05) is 42.5 Å². The van der Waals surface area contributed by atoms with Gasteiger partial charge in [-0.1, -0.05) is 146 Å². The zero-order chi connectivity index (χ0) is 33.7.